The molecule has 114 valence electrons. The van der Waals surface area contributed by atoms with Crippen molar-refractivity contribution < 1.29 is 9.90 Å². The molecule has 0 aromatic heterocycles. The van der Waals surface area contributed by atoms with Gasteiger partial charge in [-0.3, -0.25) is 9.79 Å². The molecule has 0 aromatic rings. The Morgan fingerprint density at radius 2 is 2.00 bits per heavy atom. The standard InChI is InChI=1S/C17H29NO2/c1-6-7-8-18-13(9-12(2)3)16-14(19)10-17(4,5)11-15(16)20/h12,19H,6-11H2,1-5H3. The lowest BCUT2D eigenvalue weighted by Crippen LogP contribution is -2.29. The van der Waals surface area contributed by atoms with E-state index in [1.807, 2.05) is 13.8 Å². The number of carbonyl (C=O) groups excluding carboxylic acids is 1. The quantitative estimate of drug-likeness (QED) is 0.576. The first-order valence-corrected chi connectivity index (χ1v) is 7.76. The molecule has 0 bridgehead atoms. The number of aliphatic hydroxyl groups excluding tert-OH is 1. The number of ketones is 1. The summed E-state index contributed by atoms with van der Waals surface area (Å²) in [5, 5.41) is 10.3. The lowest BCUT2D eigenvalue weighted by Gasteiger charge is -2.30. The van der Waals surface area contributed by atoms with Crippen LogP contribution in [0.1, 0.15) is 66.7 Å². The van der Waals surface area contributed by atoms with E-state index >= 15 is 0 Å². The Morgan fingerprint density at radius 3 is 2.50 bits per heavy atom. The molecule has 1 aliphatic rings. The van der Waals surface area contributed by atoms with E-state index in [0.29, 0.717) is 24.3 Å². The molecule has 1 N–H and O–H groups in total. The third kappa shape index (κ3) is 4.77. The van der Waals surface area contributed by atoms with Crippen molar-refractivity contribution in [3.05, 3.63) is 11.3 Å². The summed E-state index contributed by atoms with van der Waals surface area (Å²) < 4.78 is 0. The maximum absolute atomic E-state index is 12.4. The van der Waals surface area contributed by atoms with Gasteiger partial charge in [-0.2, -0.15) is 0 Å². The molecular weight excluding hydrogens is 250 g/mol. The lowest BCUT2D eigenvalue weighted by atomic mass is 9.75. The fraction of sp³-hybridized carbons (Fsp3) is 0.765. The minimum Gasteiger partial charge on any atom is -0.511 e. The zero-order valence-corrected chi connectivity index (χ0v) is 13.6. The van der Waals surface area contributed by atoms with Gasteiger partial charge in [-0.15, -0.1) is 0 Å². The third-order valence-corrected chi connectivity index (χ3v) is 3.56. The molecule has 0 atom stereocenters. The van der Waals surface area contributed by atoms with Crippen molar-refractivity contribution in [2.24, 2.45) is 16.3 Å². The summed E-state index contributed by atoms with van der Waals surface area (Å²) >= 11 is 0. The van der Waals surface area contributed by atoms with E-state index in [2.05, 4.69) is 25.8 Å². The lowest BCUT2D eigenvalue weighted by molar-refractivity contribution is -0.117. The van der Waals surface area contributed by atoms with Crippen LogP contribution in [-0.2, 0) is 4.79 Å². The van der Waals surface area contributed by atoms with Crippen LogP contribution in [0.2, 0.25) is 0 Å². The van der Waals surface area contributed by atoms with E-state index in [1.165, 1.54) is 0 Å². The van der Waals surface area contributed by atoms with Crippen LogP contribution in [-0.4, -0.2) is 23.1 Å². The number of nitrogens with zero attached hydrogens (tertiary/aromatic N) is 1. The topological polar surface area (TPSA) is 49.7 Å². The number of hydrogen-bond acceptors (Lipinski definition) is 3. The molecule has 1 aliphatic carbocycles. The van der Waals surface area contributed by atoms with E-state index in [4.69, 9.17) is 0 Å². The maximum Gasteiger partial charge on any atom is 0.168 e. The van der Waals surface area contributed by atoms with E-state index in [1.54, 1.807) is 0 Å². The Kier molecular flexibility index (Phi) is 5.97. The van der Waals surface area contributed by atoms with Crippen LogP contribution >= 0.6 is 0 Å². The van der Waals surface area contributed by atoms with E-state index < -0.39 is 0 Å². The molecule has 0 aromatic carbocycles. The number of aliphatic imine (C=N–C) groups is 1. The molecule has 0 fully saturated rings. The van der Waals surface area contributed by atoms with Crippen molar-refractivity contribution in [1.29, 1.82) is 0 Å². The minimum absolute atomic E-state index is 0.0506. The number of rotatable bonds is 6. The number of allylic oxidation sites excluding steroid dienone is 2. The molecule has 0 radical (unpaired) electrons. The summed E-state index contributed by atoms with van der Waals surface area (Å²) in [5.74, 6) is 0.718. The van der Waals surface area contributed by atoms with Gasteiger partial charge >= 0.3 is 0 Å². The maximum atomic E-state index is 12.4. The number of unbranched alkanes of at least 4 members (excludes halogenated alkanes) is 1. The van der Waals surface area contributed by atoms with E-state index in [0.717, 1.165) is 31.5 Å². The van der Waals surface area contributed by atoms with Crippen molar-refractivity contribution >= 4 is 11.5 Å². The first-order valence-electron chi connectivity index (χ1n) is 7.76. The normalized spacial score (nSPS) is 19.9. The fourth-order valence-electron chi connectivity index (χ4n) is 2.62. The zero-order chi connectivity index (χ0) is 15.3. The molecule has 0 saturated carbocycles. The Bertz CT molecular complexity index is 417. The van der Waals surface area contributed by atoms with Gasteiger partial charge in [-0.1, -0.05) is 41.0 Å². The predicted molar refractivity (Wildman–Crippen MR) is 84.3 cm³/mol. The summed E-state index contributed by atoms with van der Waals surface area (Å²) in [6.45, 7) is 11.1. The van der Waals surface area contributed by atoms with E-state index in [9.17, 15) is 9.90 Å². The Labute approximate surface area is 123 Å². The molecule has 0 aliphatic heterocycles. The van der Waals surface area contributed by atoms with Gasteiger partial charge in [0.15, 0.2) is 5.78 Å². The molecule has 0 spiro atoms. The van der Waals surface area contributed by atoms with Crippen molar-refractivity contribution in [2.75, 3.05) is 6.54 Å². The zero-order valence-electron chi connectivity index (χ0n) is 13.6. The second-order valence-corrected chi connectivity index (χ2v) is 7.04. The molecule has 3 heteroatoms. The van der Waals surface area contributed by atoms with Crippen LogP contribution in [0.4, 0.5) is 0 Å². The van der Waals surface area contributed by atoms with Gasteiger partial charge in [0.25, 0.3) is 0 Å². The highest BCUT2D eigenvalue weighted by Gasteiger charge is 2.34. The molecule has 20 heavy (non-hydrogen) atoms. The van der Waals surface area contributed by atoms with Gasteiger partial charge < -0.3 is 5.11 Å². The van der Waals surface area contributed by atoms with Crippen LogP contribution in [0.5, 0.6) is 0 Å². The third-order valence-electron chi connectivity index (χ3n) is 3.56. The second kappa shape index (κ2) is 7.05. The van der Waals surface area contributed by atoms with Crippen LogP contribution in [0, 0.1) is 11.3 Å². The number of carbonyl (C=O) groups is 1. The molecule has 0 unspecified atom stereocenters. The molecule has 0 amide bonds. The summed E-state index contributed by atoms with van der Waals surface area (Å²) in [6, 6.07) is 0. The number of aliphatic hydroxyl groups is 1. The molecule has 1 rings (SSSR count). The summed E-state index contributed by atoms with van der Waals surface area (Å²) in [7, 11) is 0. The van der Waals surface area contributed by atoms with Gasteiger partial charge in [0.2, 0.25) is 0 Å². The van der Waals surface area contributed by atoms with Crippen LogP contribution in [0.3, 0.4) is 0 Å². The minimum atomic E-state index is -0.142. The fourth-order valence-corrected chi connectivity index (χ4v) is 2.62. The molecule has 0 saturated heterocycles. The van der Waals surface area contributed by atoms with Crippen LogP contribution in [0.15, 0.2) is 16.3 Å². The Hall–Kier alpha value is -1.12. The Morgan fingerprint density at radius 1 is 1.35 bits per heavy atom. The molecular formula is C17H29NO2. The van der Waals surface area contributed by atoms with E-state index in [-0.39, 0.29) is 17.0 Å². The van der Waals surface area contributed by atoms with Crippen LogP contribution in [0.25, 0.3) is 0 Å². The first kappa shape index (κ1) is 16.9. The SMILES string of the molecule is CCCCN=C(CC(C)C)C1=C(O)CC(C)(C)CC1=O. The van der Waals surface area contributed by atoms with Crippen molar-refractivity contribution in [3.8, 4) is 0 Å². The largest absolute Gasteiger partial charge is 0.511 e. The summed E-state index contributed by atoms with van der Waals surface area (Å²) in [4.78, 5) is 17.0. The van der Waals surface area contributed by atoms with Crippen molar-refractivity contribution in [1.82, 2.24) is 0 Å². The number of hydrogen-bond donors (Lipinski definition) is 1. The highest BCUT2D eigenvalue weighted by atomic mass is 16.3. The summed E-state index contributed by atoms with van der Waals surface area (Å²) in [6.07, 6.45) is 3.94. The van der Waals surface area contributed by atoms with Gasteiger partial charge in [-0.25, -0.2) is 0 Å². The van der Waals surface area contributed by atoms with Gasteiger partial charge in [-0.05, 0) is 24.2 Å². The van der Waals surface area contributed by atoms with Gasteiger partial charge in [0, 0.05) is 25.1 Å². The van der Waals surface area contributed by atoms with Crippen molar-refractivity contribution in [3.63, 3.8) is 0 Å². The van der Waals surface area contributed by atoms with Gasteiger partial charge in [0.05, 0.1) is 5.57 Å². The average molecular weight is 279 g/mol. The second-order valence-electron chi connectivity index (χ2n) is 7.04. The summed E-state index contributed by atoms with van der Waals surface area (Å²) in [5.41, 5.74) is 1.18. The van der Waals surface area contributed by atoms with Gasteiger partial charge in [0.1, 0.15) is 5.76 Å². The highest BCUT2D eigenvalue weighted by molar-refractivity contribution is 6.23. The average Bonchev–Trinajstić information content (AvgIpc) is 2.25. The predicted octanol–water partition coefficient (Wildman–Crippen LogP) is 4.47. The Balaban J connectivity index is 3.05. The monoisotopic (exact) mass is 279 g/mol. The first-order chi connectivity index (χ1) is 9.26. The molecule has 3 nitrogen and oxygen atoms in total. The highest BCUT2D eigenvalue weighted by Crippen LogP contribution is 2.36. The number of Topliss-reactive ketones (excluding diaryl/α,β-unsaturated/α-hetero) is 1. The molecule has 0 heterocycles. The smallest absolute Gasteiger partial charge is 0.168 e. The van der Waals surface area contributed by atoms with Crippen molar-refractivity contribution in [2.45, 2.75) is 66.7 Å². The van der Waals surface area contributed by atoms with Crippen LogP contribution < -0.4 is 0 Å².